The van der Waals surface area contributed by atoms with E-state index in [0.29, 0.717) is 11.6 Å². The van der Waals surface area contributed by atoms with Crippen LogP contribution in [-0.2, 0) is 0 Å². The van der Waals surface area contributed by atoms with Gasteiger partial charge in [-0.25, -0.2) is 9.36 Å². The minimum absolute atomic E-state index is 0.680. The average Bonchev–Trinajstić information content (AvgIpc) is 3.78. The Balaban J connectivity index is 1.38. The van der Waals surface area contributed by atoms with E-state index < -0.39 is 0 Å². The van der Waals surface area contributed by atoms with E-state index in [1.807, 2.05) is 125 Å². The van der Waals surface area contributed by atoms with Crippen LogP contribution in [0, 0.1) is 0 Å². The van der Waals surface area contributed by atoms with Gasteiger partial charge in [0.2, 0.25) is 0 Å². The molecule has 0 N–H and O–H groups in total. The number of hydrogen-bond donors (Lipinski definition) is 0. The van der Waals surface area contributed by atoms with Gasteiger partial charge in [0.1, 0.15) is 11.0 Å². The summed E-state index contributed by atoms with van der Waals surface area (Å²) < 4.78 is 5.78. The summed E-state index contributed by atoms with van der Waals surface area (Å²) in [5.74, 6) is 1.36. The molecule has 194 valence electrons. The van der Waals surface area contributed by atoms with Crippen molar-refractivity contribution in [3.8, 4) is 39.8 Å². The number of hydrogen-bond acceptors (Lipinski definition) is 6. The van der Waals surface area contributed by atoms with Crippen LogP contribution in [0.5, 0.6) is 0 Å². The van der Waals surface area contributed by atoms with Gasteiger partial charge in [0.25, 0.3) is 0 Å². The molecule has 3 heterocycles. The maximum absolute atomic E-state index is 4.78. The van der Waals surface area contributed by atoms with E-state index in [4.69, 9.17) is 10.2 Å². The van der Waals surface area contributed by atoms with Crippen molar-refractivity contribution < 1.29 is 0 Å². The van der Waals surface area contributed by atoms with E-state index >= 15 is 0 Å². The summed E-state index contributed by atoms with van der Waals surface area (Å²) in [6.45, 7) is 0. The van der Waals surface area contributed by atoms with E-state index in [0.717, 1.165) is 50.3 Å². The summed E-state index contributed by atoms with van der Waals surface area (Å²) >= 11 is 0. The number of nitrogens with zero attached hydrogens (tertiary/aromatic N) is 9. The van der Waals surface area contributed by atoms with Crippen molar-refractivity contribution in [2.24, 2.45) is 0 Å². The molecule has 0 saturated carbocycles. The highest BCUT2D eigenvalue weighted by Gasteiger charge is 2.23. The predicted molar refractivity (Wildman–Crippen MR) is 157 cm³/mol. The van der Waals surface area contributed by atoms with Gasteiger partial charge in [-0.15, -0.1) is 20.4 Å². The fourth-order valence-electron chi connectivity index (χ4n) is 5.24. The predicted octanol–water partition coefficient (Wildman–Crippen LogP) is 6.07. The lowest BCUT2D eigenvalue weighted by atomic mass is 10.1. The standard InChI is InChI=1S/C32H21N9/c1-2-12-22(13-3-1)39-31(23-14-4-8-18-27(23)40-29-20-10-6-16-25(29)33-37-40)35-36-32(39)24-15-5-9-19-28(24)41-30-21-11-7-17-26(30)34-38-41/h1-21H. The number of benzene rings is 5. The fourth-order valence-corrected chi connectivity index (χ4v) is 5.24. The highest BCUT2D eigenvalue weighted by Crippen LogP contribution is 2.35. The van der Waals surface area contributed by atoms with Crippen LogP contribution in [0.3, 0.4) is 0 Å². The van der Waals surface area contributed by atoms with Gasteiger partial charge >= 0.3 is 0 Å². The number of rotatable bonds is 5. The molecular formula is C32H21N9. The summed E-state index contributed by atoms with van der Waals surface area (Å²) in [5, 5.41) is 27.3. The van der Waals surface area contributed by atoms with Crippen molar-refractivity contribution in [3.63, 3.8) is 0 Å². The van der Waals surface area contributed by atoms with Crippen LogP contribution in [0.4, 0.5) is 0 Å². The molecule has 0 bridgehead atoms. The SMILES string of the molecule is c1ccc(-n2c(-c3ccccc3-n3nnc4ccccc43)nnc2-c2ccccc2-n2nnc3ccccc32)cc1. The summed E-state index contributed by atoms with van der Waals surface area (Å²) in [5.41, 5.74) is 7.84. The van der Waals surface area contributed by atoms with Crippen LogP contribution in [-0.4, -0.2) is 44.8 Å². The first-order valence-corrected chi connectivity index (χ1v) is 13.2. The molecule has 0 radical (unpaired) electrons. The molecule has 0 spiro atoms. The quantitative estimate of drug-likeness (QED) is 0.268. The van der Waals surface area contributed by atoms with Gasteiger partial charge < -0.3 is 0 Å². The minimum atomic E-state index is 0.680. The Morgan fingerprint density at radius 2 is 0.829 bits per heavy atom. The zero-order valence-electron chi connectivity index (χ0n) is 21.6. The van der Waals surface area contributed by atoms with Crippen molar-refractivity contribution in [2.75, 3.05) is 0 Å². The lowest BCUT2D eigenvalue weighted by Crippen LogP contribution is -2.06. The van der Waals surface area contributed by atoms with Crippen LogP contribution in [0.25, 0.3) is 61.9 Å². The Labute approximate surface area is 233 Å². The van der Waals surface area contributed by atoms with E-state index in [2.05, 4.69) is 37.3 Å². The monoisotopic (exact) mass is 531 g/mol. The summed E-state index contributed by atoms with van der Waals surface area (Å²) in [4.78, 5) is 0. The molecule has 0 fully saturated rings. The molecular weight excluding hydrogens is 510 g/mol. The van der Waals surface area contributed by atoms with Gasteiger partial charge in [0, 0.05) is 16.8 Å². The van der Waals surface area contributed by atoms with Crippen molar-refractivity contribution in [1.29, 1.82) is 0 Å². The van der Waals surface area contributed by atoms with Crippen LogP contribution < -0.4 is 0 Å². The van der Waals surface area contributed by atoms with Gasteiger partial charge in [-0.1, -0.05) is 77.2 Å². The first-order valence-electron chi connectivity index (χ1n) is 13.2. The molecule has 5 aromatic carbocycles. The van der Waals surface area contributed by atoms with E-state index in [-0.39, 0.29) is 0 Å². The molecule has 0 aliphatic heterocycles. The molecule has 3 aromatic heterocycles. The van der Waals surface area contributed by atoms with Crippen molar-refractivity contribution in [1.82, 2.24) is 44.8 Å². The molecule has 0 aliphatic carbocycles. The van der Waals surface area contributed by atoms with Gasteiger partial charge in [0.05, 0.1) is 22.4 Å². The highest BCUT2D eigenvalue weighted by molar-refractivity contribution is 5.82. The summed E-state index contributed by atoms with van der Waals surface area (Å²) in [6, 6.07) is 42.0. The molecule has 0 aliphatic rings. The van der Waals surface area contributed by atoms with E-state index in [1.165, 1.54) is 0 Å². The fraction of sp³-hybridized carbons (Fsp3) is 0. The molecule has 0 amide bonds. The molecule has 8 aromatic rings. The third kappa shape index (κ3) is 3.71. The van der Waals surface area contributed by atoms with E-state index in [9.17, 15) is 0 Å². The maximum atomic E-state index is 4.78. The second-order valence-corrected chi connectivity index (χ2v) is 9.53. The molecule has 9 nitrogen and oxygen atoms in total. The Hall–Kier alpha value is -5.96. The molecule has 41 heavy (non-hydrogen) atoms. The lowest BCUT2D eigenvalue weighted by Gasteiger charge is -2.15. The van der Waals surface area contributed by atoms with Gasteiger partial charge in [-0.05, 0) is 60.7 Å². The Morgan fingerprint density at radius 3 is 1.37 bits per heavy atom. The van der Waals surface area contributed by atoms with Crippen LogP contribution in [0.2, 0.25) is 0 Å². The molecule has 0 atom stereocenters. The minimum Gasteiger partial charge on any atom is -0.275 e. The highest BCUT2D eigenvalue weighted by atomic mass is 15.4. The molecule has 9 heteroatoms. The first kappa shape index (κ1) is 23.0. The topological polar surface area (TPSA) is 92.1 Å². The second kappa shape index (κ2) is 9.35. The van der Waals surface area contributed by atoms with Gasteiger partial charge in [0.15, 0.2) is 11.6 Å². The van der Waals surface area contributed by atoms with Crippen molar-refractivity contribution in [2.45, 2.75) is 0 Å². The van der Waals surface area contributed by atoms with Crippen LogP contribution >= 0.6 is 0 Å². The largest absolute Gasteiger partial charge is 0.275 e. The third-order valence-electron chi connectivity index (χ3n) is 7.13. The Bertz CT molecular complexity index is 2040. The van der Waals surface area contributed by atoms with Gasteiger partial charge in [-0.2, -0.15) is 0 Å². The molecule has 0 saturated heterocycles. The molecule has 0 unspecified atom stereocenters. The average molecular weight is 532 g/mol. The van der Waals surface area contributed by atoms with Crippen molar-refractivity contribution in [3.05, 3.63) is 127 Å². The summed E-state index contributed by atoms with van der Waals surface area (Å²) in [7, 11) is 0. The third-order valence-corrected chi connectivity index (χ3v) is 7.13. The van der Waals surface area contributed by atoms with Crippen molar-refractivity contribution >= 4 is 22.1 Å². The molecule has 8 rings (SSSR count). The Kier molecular flexibility index (Phi) is 5.24. The number of aromatic nitrogens is 9. The Morgan fingerprint density at radius 1 is 0.390 bits per heavy atom. The van der Waals surface area contributed by atoms with Crippen LogP contribution in [0.15, 0.2) is 127 Å². The zero-order chi connectivity index (χ0) is 27.2. The summed E-state index contributed by atoms with van der Waals surface area (Å²) in [6.07, 6.45) is 0. The van der Waals surface area contributed by atoms with Gasteiger partial charge in [-0.3, -0.25) is 4.57 Å². The number of fused-ring (bicyclic) bond motifs is 2. The smallest absolute Gasteiger partial charge is 0.171 e. The normalized spacial score (nSPS) is 11.4. The second-order valence-electron chi connectivity index (χ2n) is 9.53. The maximum Gasteiger partial charge on any atom is 0.171 e. The number of para-hydroxylation sites is 5. The van der Waals surface area contributed by atoms with E-state index in [1.54, 1.807) is 0 Å². The van der Waals surface area contributed by atoms with Crippen LogP contribution in [0.1, 0.15) is 0 Å². The zero-order valence-corrected chi connectivity index (χ0v) is 21.6. The lowest BCUT2D eigenvalue weighted by molar-refractivity contribution is 0.822. The first-order chi connectivity index (χ1) is 20.4.